The normalized spacial score (nSPS) is 21.9. The van der Waals surface area contributed by atoms with Gasteiger partial charge >= 0.3 is 0 Å². The van der Waals surface area contributed by atoms with Crippen molar-refractivity contribution in [1.82, 2.24) is 5.32 Å². The second kappa shape index (κ2) is 4.80. The number of piperidine rings is 1. The molecule has 2 nitrogen and oxygen atoms in total. The maximum Gasteiger partial charge on any atom is 0.0386 e. The topological polar surface area (TPSA) is 24.1 Å². The number of nitrogens with one attached hydrogen (secondary N) is 2. The summed E-state index contributed by atoms with van der Waals surface area (Å²) in [4.78, 5) is 0. The van der Waals surface area contributed by atoms with Gasteiger partial charge in [0.15, 0.2) is 0 Å². The van der Waals surface area contributed by atoms with Crippen LogP contribution in [-0.2, 0) is 0 Å². The molecule has 76 valence electrons. The molecule has 0 radical (unpaired) electrons. The third-order valence-corrected chi connectivity index (χ3v) is 3.04. The van der Waals surface area contributed by atoms with Crippen molar-refractivity contribution in [1.29, 1.82) is 0 Å². The predicted molar refractivity (Wildman–Crippen MR) is 63.7 cm³/mol. The van der Waals surface area contributed by atoms with Gasteiger partial charge in [-0.3, -0.25) is 0 Å². The highest BCUT2D eigenvalue weighted by molar-refractivity contribution is 9.10. The molecule has 1 atom stereocenters. The van der Waals surface area contributed by atoms with Crippen LogP contribution in [0.4, 0.5) is 5.69 Å². The molecule has 0 bridgehead atoms. The van der Waals surface area contributed by atoms with Gasteiger partial charge in [0, 0.05) is 22.7 Å². The van der Waals surface area contributed by atoms with Crippen molar-refractivity contribution in [3.05, 3.63) is 28.7 Å². The zero-order valence-electron chi connectivity index (χ0n) is 8.09. The Morgan fingerprint density at radius 3 is 2.71 bits per heavy atom. The number of rotatable bonds is 2. The van der Waals surface area contributed by atoms with Crippen molar-refractivity contribution in [2.45, 2.75) is 18.9 Å². The highest BCUT2D eigenvalue weighted by atomic mass is 79.9. The smallest absolute Gasteiger partial charge is 0.0386 e. The van der Waals surface area contributed by atoms with Crippen molar-refractivity contribution in [3.63, 3.8) is 0 Å². The van der Waals surface area contributed by atoms with Gasteiger partial charge < -0.3 is 10.6 Å². The molecule has 0 aliphatic carbocycles. The van der Waals surface area contributed by atoms with Crippen LogP contribution in [-0.4, -0.2) is 19.1 Å². The first-order chi connectivity index (χ1) is 6.84. The van der Waals surface area contributed by atoms with Gasteiger partial charge in [0.05, 0.1) is 0 Å². The second-order valence-electron chi connectivity index (χ2n) is 3.69. The first kappa shape index (κ1) is 9.99. The zero-order valence-corrected chi connectivity index (χ0v) is 9.68. The minimum absolute atomic E-state index is 0.588. The third-order valence-electron chi connectivity index (χ3n) is 2.51. The van der Waals surface area contributed by atoms with Gasteiger partial charge in [-0.2, -0.15) is 0 Å². The standard InChI is InChI=1S/C11H15BrN2/c12-9-3-5-10(6-4-9)14-11-2-1-7-13-8-11/h3-6,11,13-14H,1-2,7-8H2/t11-/m1/s1. The van der Waals surface area contributed by atoms with E-state index in [0.29, 0.717) is 6.04 Å². The van der Waals surface area contributed by atoms with Crippen LogP contribution in [0, 0.1) is 0 Å². The van der Waals surface area contributed by atoms with Gasteiger partial charge in [0.25, 0.3) is 0 Å². The number of hydrogen-bond donors (Lipinski definition) is 2. The van der Waals surface area contributed by atoms with Crippen LogP contribution >= 0.6 is 15.9 Å². The first-order valence-electron chi connectivity index (χ1n) is 5.07. The zero-order chi connectivity index (χ0) is 9.80. The van der Waals surface area contributed by atoms with Crippen molar-refractivity contribution >= 4 is 21.6 Å². The second-order valence-corrected chi connectivity index (χ2v) is 4.61. The Morgan fingerprint density at radius 1 is 1.29 bits per heavy atom. The maximum atomic E-state index is 3.52. The summed E-state index contributed by atoms with van der Waals surface area (Å²) in [5, 5.41) is 6.92. The molecule has 0 saturated carbocycles. The van der Waals surface area contributed by atoms with Gasteiger partial charge in [-0.15, -0.1) is 0 Å². The van der Waals surface area contributed by atoms with Crippen molar-refractivity contribution in [2.24, 2.45) is 0 Å². The van der Waals surface area contributed by atoms with Gasteiger partial charge in [0.2, 0.25) is 0 Å². The molecular formula is C11H15BrN2. The molecule has 3 heteroatoms. The van der Waals surface area contributed by atoms with Crippen LogP contribution in [0.15, 0.2) is 28.7 Å². The van der Waals surface area contributed by atoms with E-state index >= 15 is 0 Å². The van der Waals surface area contributed by atoms with E-state index < -0.39 is 0 Å². The fraction of sp³-hybridized carbons (Fsp3) is 0.455. The average Bonchev–Trinajstić information content (AvgIpc) is 2.23. The van der Waals surface area contributed by atoms with Gasteiger partial charge in [-0.1, -0.05) is 15.9 Å². The summed E-state index contributed by atoms with van der Waals surface area (Å²) in [5.41, 5.74) is 1.21. The Balaban J connectivity index is 1.92. The molecule has 1 aromatic carbocycles. The highest BCUT2D eigenvalue weighted by Crippen LogP contribution is 2.16. The fourth-order valence-electron chi connectivity index (χ4n) is 1.76. The van der Waals surface area contributed by atoms with E-state index in [1.807, 2.05) is 0 Å². The predicted octanol–water partition coefficient (Wildman–Crippen LogP) is 2.61. The minimum atomic E-state index is 0.588. The monoisotopic (exact) mass is 254 g/mol. The molecule has 0 amide bonds. The van der Waals surface area contributed by atoms with Crippen molar-refractivity contribution in [2.75, 3.05) is 18.4 Å². The summed E-state index contributed by atoms with van der Waals surface area (Å²) in [7, 11) is 0. The van der Waals surface area contributed by atoms with E-state index in [-0.39, 0.29) is 0 Å². The first-order valence-corrected chi connectivity index (χ1v) is 5.87. The summed E-state index contributed by atoms with van der Waals surface area (Å²) in [5.74, 6) is 0. The van der Waals surface area contributed by atoms with Gasteiger partial charge in [-0.05, 0) is 43.7 Å². The lowest BCUT2D eigenvalue weighted by atomic mass is 10.1. The number of benzene rings is 1. The van der Waals surface area contributed by atoms with Crippen LogP contribution in [0.3, 0.4) is 0 Å². The number of hydrogen-bond acceptors (Lipinski definition) is 2. The summed E-state index contributed by atoms with van der Waals surface area (Å²) in [6.07, 6.45) is 2.54. The maximum absolute atomic E-state index is 3.52. The summed E-state index contributed by atoms with van der Waals surface area (Å²) in [6.45, 7) is 2.24. The molecule has 1 saturated heterocycles. The van der Waals surface area contributed by atoms with Crippen LogP contribution in [0.5, 0.6) is 0 Å². The Morgan fingerprint density at radius 2 is 2.07 bits per heavy atom. The Kier molecular flexibility index (Phi) is 3.43. The molecule has 0 spiro atoms. The molecule has 1 aliphatic heterocycles. The lowest BCUT2D eigenvalue weighted by Crippen LogP contribution is -2.38. The lowest BCUT2D eigenvalue weighted by molar-refractivity contribution is 0.480. The quantitative estimate of drug-likeness (QED) is 0.848. The Labute approximate surface area is 93.2 Å². The van der Waals surface area contributed by atoms with Crippen LogP contribution in [0.2, 0.25) is 0 Å². The molecular weight excluding hydrogens is 240 g/mol. The summed E-state index contributed by atoms with van der Waals surface area (Å²) in [6, 6.07) is 8.94. The molecule has 1 heterocycles. The summed E-state index contributed by atoms with van der Waals surface area (Å²) < 4.78 is 1.13. The largest absolute Gasteiger partial charge is 0.381 e. The van der Waals surface area contributed by atoms with E-state index in [9.17, 15) is 0 Å². The SMILES string of the molecule is Brc1ccc(N[C@@H]2CCCNC2)cc1. The van der Waals surface area contributed by atoms with E-state index in [2.05, 4.69) is 50.8 Å². The number of anilines is 1. The highest BCUT2D eigenvalue weighted by Gasteiger charge is 2.11. The molecule has 2 rings (SSSR count). The van der Waals surface area contributed by atoms with Gasteiger partial charge in [-0.25, -0.2) is 0 Å². The molecule has 0 unspecified atom stereocenters. The Hall–Kier alpha value is -0.540. The number of halogens is 1. The minimum Gasteiger partial charge on any atom is -0.381 e. The van der Waals surface area contributed by atoms with Crippen molar-refractivity contribution < 1.29 is 0 Å². The third kappa shape index (κ3) is 2.72. The van der Waals surface area contributed by atoms with Crippen LogP contribution < -0.4 is 10.6 Å². The fourth-order valence-corrected chi connectivity index (χ4v) is 2.02. The van der Waals surface area contributed by atoms with E-state index in [1.165, 1.54) is 25.1 Å². The van der Waals surface area contributed by atoms with E-state index in [4.69, 9.17) is 0 Å². The summed E-state index contributed by atoms with van der Waals surface area (Å²) >= 11 is 3.43. The van der Waals surface area contributed by atoms with Crippen molar-refractivity contribution in [3.8, 4) is 0 Å². The molecule has 0 aromatic heterocycles. The molecule has 14 heavy (non-hydrogen) atoms. The molecule has 2 N–H and O–H groups in total. The van der Waals surface area contributed by atoms with E-state index in [0.717, 1.165) is 11.0 Å². The van der Waals surface area contributed by atoms with Gasteiger partial charge in [0.1, 0.15) is 0 Å². The van der Waals surface area contributed by atoms with E-state index in [1.54, 1.807) is 0 Å². The Bertz CT molecular complexity index is 278. The lowest BCUT2D eigenvalue weighted by Gasteiger charge is -2.24. The van der Waals surface area contributed by atoms with Crippen LogP contribution in [0.25, 0.3) is 0 Å². The van der Waals surface area contributed by atoms with Crippen LogP contribution in [0.1, 0.15) is 12.8 Å². The average molecular weight is 255 g/mol. The molecule has 1 aliphatic rings. The molecule has 1 fully saturated rings. The molecule has 1 aromatic rings.